The first-order valence-corrected chi connectivity index (χ1v) is 9.02. The molecule has 0 fully saturated rings. The zero-order valence-electron chi connectivity index (χ0n) is 13.6. The maximum atomic E-state index is 5.91. The molecule has 2 aromatic carbocycles. The van der Waals surface area contributed by atoms with Gasteiger partial charge in [-0.25, -0.2) is 4.98 Å². The molecule has 5 heteroatoms. The van der Waals surface area contributed by atoms with Crippen molar-refractivity contribution in [2.24, 2.45) is 5.10 Å². The number of hydrogen-bond acceptors (Lipinski definition) is 4. The zero-order chi connectivity index (χ0) is 16.9. The molecule has 0 saturated carbocycles. The van der Waals surface area contributed by atoms with Crippen LogP contribution in [0.1, 0.15) is 25.0 Å². The fourth-order valence-electron chi connectivity index (χ4n) is 2.26. The van der Waals surface area contributed by atoms with Crippen LogP contribution in [0.2, 0.25) is 5.02 Å². The van der Waals surface area contributed by atoms with Crippen molar-refractivity contribution >= 4 is 33.8 Å². The molecule has 0 bridgehead atoms. The number of hydrogen-bond donors (Lipinski definition) is 1. The minimum atomic E-state index is 0.721. The number of rotatable bonds is 5. The van der Waals surface area contributed by atoms with E-state index < -0.39 is 0 Å². The van der Waals surface area contributed by atoms with E-state index in [1.165, 1.54) is 5.56 Å². The van der Waals surface area contributed by atoms with Gasteiger partial charge in [0.2, 0.25) is 5.13 Å². The van der Waals surface area contributed by atoms with E-state index in [0.29, 0.717) is 0 Å². The Morgan fingerprint density at radius 2 is 1.83 bits per heavy atom. The topological polar surface area (TPSA) is 37.3 Å². The van der Waals surface area contributed by atoms with Crippen LogP contribution in [0, 0.1) is 0 Å². The van der Waals surface area contributed by atoms with Gasteiger partial charge < -0.3 is 0 Å². The maximum absolute atomic E-state index is 5.91. The molecule has 3 rings (SSSR count). The first-order valence-electron chi connectivity index (χ1n) is 7.77. The summed E-state index contributed by atoms with van der Waals surface area (Å²) in [6, 6.07) is 16.1. The molecule has 3 nitrogen and oxygen atoms in total. The number of halogens is 1. The third kappa shape index (κ3) is 4.02. The van der Waals surface area contributed by atoms with Gasteiger partial charge in [0.15, 0.2) is 0 Å². The predicted molar refractivity (Wildman–Crippen MR) is 104 cm³/mol. The Kier molecular flexibility index (Phi) is 5.28. The monoisotopic (exact) mass is 355 g/mol. The van der Waals surface area contributed by atoms with Crippen LogP contribution in [-0.4, -0.2) is 10.7 Å². The number of thiazole rings is 1. The van der Waals surface area contributed by atoms with Crippen molar-refractivity contribution < 1.29 is 0 Å². The molecule has 0 aliphatic rings. The van der Waals surface area contributed by atoms with Crippen LogP contribution < -0.4 is 5.43 Å². The van der Waals surface area contributed by atoms with E-state index >= 15 is 0 Å². The standard InChI is InChI=1S/C19H18ClN3S/c1-3-14-4-6-16(7-5-14)18-12-24-19(21-18)23-22-13(2)15-8-10-17(20)11-9-15/h4-12H,3H2,1-2H3,(H,21,23)/b22-13-. The predicted octanol–water partition coefficient (Wildman–Crippen LogP) is 5.86. The number of anilines is 1. The Labute approximate surface area is 151 Å². The van der Waals surface area contributed by atoms with Crippen LogP contribution in [0.25, 0.3) is 11.3 Å². The lowest BCUT2D eigenvalue weighted by molar-refractivity contribution is 1.14. The largest absolute Gasteiger partial charge is 0.252 e. The molecule has 0 aliphatic heterocycles. The molecule has 0 radical (unpaired) electrons. The van der Waals surface area contributed by atoms with Crippen molar-refractivity contribution in [3.05, 3.63) is 70.1 Å². The molecular weight excluding hydrogens is 338 g/mol. The number of aryl methyl sites for hydroxylation is 1. The SMILES string of the molecule is CCc1ccc(-c2csc(N/N=C(/C)c3ccc(Cl)cc3)n2)cc1. The molecule has 0 spiro atoms. The van der Waals surface area contributed by atoms with Crippen LogP contribution in [0.4, 0.5) is 5.13 Å². The van der Waals surface area contributed by atoms with E-state index in [-0.39, 0.29) is 0 Å². The Balaban J connectivity index is 1.71. The molecule has 1 N–H and O–H groups in total. The molecule has 122 valence electrons. The van der Waals surface area contributed by atoms with Crippen molar-refractivity contribution in [2.75, 3.05) is 5.43 Å². The molecule has 3 aromatic rings. The minimum Gasteiger partial charge on any atom is -0.252 e. The zero-order valence-corrected chi connectivity index (χ0v) is 15.2. The highest BCUT2D eigenvalue weighted by molar-refractivity contribution is 7.14. The summed E-state index contributed by atoms with van der Waals surface area (Å²) in [4.78, 5) is 4.59. The average Bonchev–Trinajstić information content (AvgIpc) is 3.09. The fourth-order valence-corrected chi connectivity index (χ4v) is 3.04. The van der Waals surface area contributed by atoms with Crippen LogP contribution in [-0.2, 0) is 6.42 Å². The van der Waals surface area contributed by atoms with Gasteiger partial charge in [-0.05, 0) is 36.6 Å². The van der Waals surface area contributed by atoms with Crippen LogP contribution in [0.3, 0.4) is 0 Å². The first kappa shape index (κ1) is 16.7. The van der Waals surface area contributed by atoms with Gasteiger partial charge in [0, 0.05) is 16.0 Å². The van der Waals surface area contributed by atoms with Crippen molar-refractivity contribution in [1.29, 1.82) is 0 Å². The average molecular weight is 356 g/mol. The third-order valence-electron chi connectivity index (χ3n) is 3.74. The van der Waals surface area contributed by atoms with Gasteiger partial charge in [0.1, 0.15) is 0 Å². The normalized spacial score (nSPS) is 11.5. The molecule has 24 heavy (non-hydrogen) atoms. The highest BCUT2D eigenvalue weighted by Gasteiger charge is 2.04. The van der Waals surface area contributed by atoms with Crippen molar-refractivity contribution in [3.63, 3.8) is 0 Å². The molecule has 0 aliphatic carbocycles. The van der Waals surface area contributed by atoms with E-state index in [1.807, 2.05) is 36.6 Å². The summed E-state index contributed by atoms with van der Waals surface area (Å²) in [5.41, 5.74) is 8.36. The van der Waals surface area contributed by atoms with E-state index in [0.717, 1.165) is 39.1 Å². The lowest BCUT2D eigenvalue weighted by Gasteiger charge is -2.01. The van der Waals surface area contributed by atoms with Gasteiger partial charge in [0.25, 0.3) is 0 Å². The summed E-state index contributed by atoms with van der Waals surface area (Å²) in [5, 5.41) is 7.93. The van der Waals surface area contributed by atoms with Gasteiger partial charge in [-0.1, -0.05) is 54.9 Å². The lowest BCUT2D eigenvalue weighted by atomic mass is 10.1. The second kappa shape index (κ2) is 7.60. The Morgan fingerprint density at radius 3 is 2.50 bits per heavy atom. The van der Waals surface area contributed by atoms with Gasteiger partial charge in [-0.2, -0.15) is 5.10 Å². The number of nitrogens with zero attached hydrogens (tertiary/aromatic N) is 2. The molecule has 0 atom stereocenters. The van der Waals surface area contributed by atoms with E-state index in [4.69, 9.17) is 11.6 Å². The van der Waals surface area contributed by atoms with E-state index in [1.54, 1.807) is 11.3 Å². The van der Waals surface area contributed by atoms with E-state index in [9.17, 15) is 0 Å². The summed E-state index contributed by atoms with van der Waals surface area (Å²) in [6.45, 7) is 4.11. The van der Waals surface area contributed by atoms with Gasteiger partial charge >= 0.3 is 0 Å². The Morgan fingerprint density at radius 1 is 1.12 bits per heavy atom. The van der Waals surface area contributed by atoms with Gasteiger partial charge in [-0.15, -0.1) is 11.3 Å². The molecule has 1 heterocycles. The second-order valence-electron chi connectivity index (χ2n) is 5.40. The van der Waals surface area contributed by atoms with Crippen LogP contribution in [0.5, 0.6) is 0 Å². The second-order valence-corrected chi connectivity index (χ2v) is 6.70. The first-order chi connectivity index (χ1) is 11.7. The summed E-state index contributed by atoms with van der Waals surface area (Å²) in [5.74, 6) is 0. The lowest BCUT2D eigenvalue weighted by Crippen LogP contribution is -1.99. The Bertz CT molecular complexity index is 836. The number of aromatic nitrogens is 1. The number of nitrogens with one attached hydrogen (secondary N) is 1. The highest BCUT2D eigenvalue weighted by Crippen LogP contribution is 2.25. The molecular formula is C19H18ClN3S. The van der Waals surface area contributed by atoms with Crippen molar-refractivity contribution in [2.45, 2.75) is 20.3 Å². The highest BCUT2D eigenvalue weighted by atomic mass is 35.5. The molecule has 1 aromatic heterocycles. The minimum absolute atomic E-state index is 0.721. The summed E-state index contributed by atoms with van der Waals surface area (Å²) in [6.07, 6.45) is 1.04. The smallest absolute Gasteiger partial charge is 0.203 e. The summed E-state index contributed by atoms with van der Waals surface area (Å²) >= 11 is 7.45. The van der Waals surface area contributed by atoms with Gasteiger partial charge in [-0.3, -0.25) is 5.43 Å². The maximum Gasteiger partial charge on any atom is 0.203 e. The van der Waals surface area contributed by atoms with Crippen molar-refractivity contribution in [3.8, 4) is 11.3 Å². The number of hydrazone groups is 1. The molecule has 0 unspecified atom stereocenters. The third-order valence-corrected chi connectivity index (χ3v) is 4.74. The number of benzene rings is 2. The molecule has 0 amide bonds. The van der Waals surface area contributed by atoms with E-state index in [2.05, 4.69) is 46.7 Å². The summed E-state index contributed by atoms with van der Waals surface area (Å²) in [7, 11) is 0. The van der Waals surface area contributed by atoms with Crippen LogP contribution in [0.15, 0.2) is 59.0 Å². The Hall–Kier alpha value is -2.17. The van der Waals surface area contributed by atoms with Gasteiger partial charge in [0.05, 0.1) is 11.4 Å². The van der Waals surface area contributed by atoms with Crippen LogP contribution >= 0.6 is 22.9 Å². The summed E-state index contributed by atoms with van der Waals surface area (Å²) < 4.78 is 0. The van der Waals surface area contributed by atoms with Crippen molar-refractivity contribution in [1.82, 2.24) is 4.98 Å². The quantitative estimate of drug-likeness (QED) is 0.459. The molecule has 0 saturated heterocycles. The fraction of sp³-hybridized carbons (Fsp3) is 0.158.